The van der Waals surface area contributed by atoms with Gasteiger partial charge in [0.15, 0.2) is 0 Å². The first-order valence-electron chi connectivity index (χ1n) is 8.28. The van der Waals surface area contributed by atoms with E-state index in [1.807, 2.05) is 18.2 Å². The molecule has 1 N–H and O–H groups in total. The summed E-state index contributed by atoms with van der Waals surface area (Å²) in [5.41, 5.74) is 2.97. The molecule has 2 aromatic carbocycles. The Bertz CT molecular complexity index is 668. The molecule has 2 rings (SSSR count). The predicted octanol–water partition coefficient (Wildman–Crippen LogP) is 4.83. The molecule has 0 spiro atoms. The molecule has 0 fully saturated rings. The van der Waals surface area contributed by atoms with Gasteiger partial charge in [-0.05, 0) is 43.7 Å². The molecule has 0 bridgehead atoms. The van der Waals surface area contributed by atoms with E-state index in [4.69, 9.17) is 4.74 Å². The molecule has 0 unspecified atom stereocenters. The van der Waals surface area contributed by atoms with Crippen molar-refractivity contribution in [1.29, 1.82) is 0 Å². The van der Waals surface area contributed by atoms with Crippen molar-refractivity contribution in [2.45, 2.75) is 37.3 Å². The molecular weight excluding hydrogens is 318 g/mol. The number of carbonyl (C=O) groups is 1. The van der Waals surface area contributed by atoms with E-state index < -0.39 is 0 Å². The van der Waals surface area contributed by atoms with Crippen LogP contribution in [0.2, 0.25) is 0 Å². The summed E-state index contributed by atoms with van der Waals surface area (Å²) >= 11 is 1.74. The first-order chi connectivity index (χ1) is 11.6. The second-order valence-corrected chi connectivity index (χ2v) is 6.79. The molecule has 24 heavy (non-hydrogen) atoms. The van der Waals surface area contributed by atoms with E-state index in [1.54, 1.807) is 18.9 Å². The van der Waals surface area contributed by atoms with Gasteiger partial charge in [0, 0.05) is 28.3 Å². The number of methoxy groups -OCH3 is 1. The van der Waals surface area contributed by atoms with Crippen molar-refractivity contribution in [3.8, 4) is 5.75 Å². The van der Waals surface area contributed by atoms with E-state index in [9.17, 15) is 4.79 Å². The topological polar surface area (TPSA) is 38.3 Å². The van der Waals surface area contributed by atoms with Gasteiger partial charge in [-0.1, -0.05) is 31.0 Å². The van der Waals surface area contributed by atoms with Gasteiger partial charge in [0.2, 0.25) is 0 Å². The van der Waals surface area contributed by atoms with Gasteiger partial charge >= 0.3 is 0 Å². The second-order valence-electron chi connectivity index (χ2n) is 5.74. The maximum atomic E-state index is 12.2. The number of thioether (sulfide) groups is 1. The van der Waals surface area contributed by atoms with E-state index in [1.165, 1.54) is 10.5 Å². The van der Waals surface area contributed by atoms with Crippen LogP contribution in [0.4, 0.5) is 0 Å². The number of carbonyl (C=O) groups excluding carboxylic acids is 1. The summed E-state index contributed by atoms with van der Waals surface area (Å²) in [6, 6.07) is 14.1. The van der Waals surface area contributed by atoms with Crippen LogP contribution in [0.3, 0.4) is 0 Å². The van der Waals surface area contributed by atoms with Gasteiger partial charge in [0.25, 0.3) is 5.91 Å². The van der Waals surface area contributed by atoms with E-state index in [2.05, 4.69) is 43.4 Å². The van der Waals surface area contributed by atoms with Crippen molar-refractivity contribution in [2.75, 3.05) is 13.7 Å². The summed E-state index contributed by atoms with van der Waals surface area (Å²) in [6.07, 6.45) is 2.07. The van der Waals surface area contributed by atoms with Crippen molar-refractivity contribution in [1.82, 2.24) is 5.32 Å². The number of amides is 1. The van der Waals surface area contributed by atoms with Crippen LogP contribution >= 0.6 is 11.8 Å². The standard InChI is InChI=1S/C20H25NO2S/c1-4-5-12-21-20(22)16-8-11-19(23-3)17(13-16)14-24-18-9-6-15(2)7-10-18/h6-11,13H,4-5,12,14H2,1-3H3,(H,21,22). The van der Waals surface area contributed by atoms with Crippen LogP contribution in [0, 0.1) is 6.92 Å². The zero-order valence-electron chi connectivity index (χ0n) is 14.6. The third-order valence-electron chi connectivity index (χ3n) is 3.77. The van der Waals surface area contributed by atoms with Crippen LogP contribution in [-0.4, -0.2) is 19.6 Å². The van der Waals surface area contributed by atoms with Gasteiger partial charge in [-0.15, -0.1) is 11.8 Å². The first kappa shape index (κ1) is 18.4. The van der Waals surface area contributed by atoms with Gasteiger partial charge in [-0.2, -0.15) is 0 Å². The Morgan fingerprint density at radius 1 is 1.17 bits per heavy atom. The van der Waals surface area contributed by atoms with E-state index in [0.29, 0.717) is 5.56 Å². The van der Waals surface area contributed by atoms with Crippen LogP contribution in [0.5, 0.6) is 5.75 Å². The van der Waals surface area contributed by atoms with Gasteiger partial charge in [0.05, 0.1) is 7.11 Å². The first-order valence-corrected chi connectivity index (χ1v) is 9.27. The monoisotopic (exact) mass is 343 g/mol. The summed E-state index contributed by atoms with van der Waals surface area (Å²) in [5.74, 6) is 1.56. The molecule has 0 atom stereocenters. The smallest absolute Gasteiger partial charge is 0.251 e. The number of hydrogen-bond acceptors (Lipinski definition) is 3. The molecule has 0 aliphatic carbocycles. The fourth-order valence-corrected chi connectivity index (χ4v) is 3.19. The lowest BCUT2D eigenvalue weighted by molar-refractivity contribution is 0.0953. The van der Waals surface area contributed by atoms with Gasteiger partial charge in [0.1, 0.15) is 5.75 Å². The number of hydrogen-bond donors (Lipinski definition) is 1. The van der Waals surface area contributed by atoms with Crippen molar-refractivity contribution < 1.29 is 9.53 Å². The quantitative estimate of drug-likeness (QED) is 0.551. The molecule has 0 saturated heterocycles. The molecule has 0 aliphatic heterocycles. The highest BCUT2D eigenvalue weighted by atomic mass is 32.2. The lowest BCUT2D eigenvalue weighted by Gasteiger charge is -2.11. The number of aryl methyl sites for hydroxylation is 1. The van der Waals surface area contributed by atoms with Crippen LogP contribution in [-0.2, 0) is 5.75 Å². The highest BCUT2D eigenvalue weighted by Gasteiger charge is 2.10. The molecule has 3 nitrogen and oxygen atoms in total. The van der Waals surface area contributed by atoms with E-state index in [0.717, 1.165) is 36.5 Å². The molecule has 0 aromatic heterocycles. The molecule has 2 aromatic rings. The van der Waals surface area contributed by atoms with Crippen LogP contribution < -0.4 is 10.1 Å². The molecule has 0 heterocycles. The van der Waals surface area contributed by atoms with E-state index in [-0.39, 0.29) is 5.91 Å². The molecule has 0 saturated carbocycles. The Balaban J connectivity index is 2.07. The highest BCUT2D eigenvalue weighted by Crippen LogP contribution is 2.29. The van der Waals surface area contributed by atoms with Gasteiger partial charge in [-0.25, -0.2) is 0 Å². The average molecular weight is 343 g/mol. The van der Waals surface area contributed by atoms with Crippen molar-refractivity contribution in [3.05, 3.63) is 59.2 Å². The van der Waals surface area contributed by atoms with Crippen molar-refractivity contribution in [3.63, 3.8) is 0 Å². The summed E-state index contributed by atoms with van der Waals surface area (Å²) in [5, 5.41) is 2.96. The third kappa shape index (κ3) is 5.31. The number of ether oxygens (including phenoxy) is 1. The highest BCUT2D eigenvalue weighted by molar-refractivity contribution is 7.98. The van der Waals surface area contributed by atoms with Crippen molar-refractivity contribution >= 4 is 17.7 Å². The Labute approximate surface area is 148 Å². The lowest BCUT2D eigenvalue weighted by Crippen LogP contribution is -2.24. The van der Waals surface area contributed by atoms with Crippen LogP contribution in [0.25, 0.3) is 0 Å². The normalized spacial score (nSPS) is 10.5. The number of unbranched alkanes of at least 4 members (excludes halogenated alkanes) is 1. The SMILES string of the molecule is CCCCNC(=O)c1ccc(OC)c(CSc2ccc(C)cc2)c1. The minimum atomic E-state index is -0.0207. The zero-order valence-corrected chi connectivity index (χ0v) is 15.4. The second kappa shape index (κ2) is 9.38. The number of rotatable bonds is 8. The lowest BCUT2D eigenvalue weighted by atomic mass is 10.1. The Hall–Kier alpha value is -1.94. The molecule has 128 valence electrons. The number of nitrogens with one attached hydrogen (secondary N) is 1. The maximum absolute atomic E-state index is 12.2. The van der Waals surface area contributed by atoms with Crippen LogP contribution in [0.1, 0.15) is 41.3 Å². The minimum Gasteiger partial charge on any atom is -0.496 e. The Morgan fingerprint density at radius 3 is 2.58 bits per heavy atom. The molecule has 0 aliphatic rings. The predicted molar refractivity (Wildman–Crippen MR) is 101 cm³/mol. The molecular formula is C20H25NO2S. The van der Waals surface area contributed by atoms with Crippen LogP contribution in [0.15, 0.2) is 47.4 Å². The summed E-state index contributed by atoms with van der Waals surface area (Å²) in [7, 11) is 1.66. The van der Waals surface area contributed by atoms with Crippen molar-refractivity contribution in [2.24, 2.45) is 0 Å². The van der Waals surface area contributed by atoms with Gasteiger partial charge in [-0.3, -0.25) is 4.79 Å². The maximum Gasteiger partial charge on any atom is 0.251 e. The summed E-state index contributed by atoms with van der Waals surface area (Å²) in [4.78, 5) is 13.4. The largest absolute Gasteiger partial charge is 0.496 e. The fraction of sp³-hybridized carbons (Fsp3) is 0.350. The Morgan fingerprint density at radius 2 is 1.92 bits per heavy atom. The molecule has 1 amide bonds. The summed E-state index contributed by atoms with van der Waals surface area (Å²) in [6.45, 7) is 4.91. The van der Waals surface area contributed by atoms with E-state index >= 15 is 0 Å². The zero-order chi connectivity index (χ0) is 17.4. The fourth-order valence-electron chi connectivity index (χ4n) is 2.31. The van der Waals surface area contributed by atoms with Gasteiger partial charge < -0.3 is 10.1 Å². The number of benzene rings is 2. The molecule has 0 radical (unpaired) electrons. The third-order valence-corrected chi connectivity index (χ3v) is 4.83. The summed E-state index contributed by atoms with van der Waals surface area (Å²) < 4.78 is 5.44. The Kier molecular flexibility index (Phi) is 7.19. The minimum absolute atomic E-state index is 0.0207. The average Bonchev–Trinajstić information content (AvgIpc) is 2.61. The molecule has 4 heteroatoms.